The van der Waals surface area contributed by atoms with Crippen molar-refractivity contribution >= 4 is 12.4 Å². The maximum atomic E-state index is 10.6. The largest absolute Gasteiger partial charge is 0.488 e. The lowest BCUT2D eigenvalue weighted by Crippen LogP contribution is -2.08. The minimum absolute atomic E-state index is 0.508. The number of rotatable bonds is 3. The van der Waals surface area contributed by atoms with Crippen molar-refractivity contribution in [3.8, 4) is 16.9 Å². The molecule has 0 saturated heterocycles. The Morgan fingerprint density at radius 1 is 1.10 bits per heavy atom. The van der Waals surface area contributed by atoms with E-state index in [1.54, 1.807) is 6.08 Å². The van der Waals surface area contributed by atoms with Gasteiger partial charge >= 0.3 is 0 Å². The molecule has 0 aromatic heterocycles. The lowest BCUT2D eigenvalue weighted by molar-refractivity contribution is -0.104. The van der Waals surface area contributed by atoms with Gasteiger partial charge in [-0.05, 0) is 53.5 Å². The summed E-state index contributed by atoms with van der Waals surface area (Å²) in [4.78, 5) is 10.6. The molecule has 1 aliphatic rings. The van der Waals surface area contributed by atoms with Gasteiger partial charge in [-0.3, -0.25) is 4.79 Å². The Kier molecular flexibility index (Phi) is 3.69. The number of hydrogen-bond acceptors (Lipinski definition) is 2. The highest BCUT2D eigenvalue weighted by atomic mass is 16.5. The minimum atomic E-state index is 0.508. The van der Waals surface area contributed by atoms with E-state index >= 15 is 0 Å². The fraction of sp³-hybridized carbons (Fsp3) is 0.105. The van der Waals surface area contributed by atoms with Gasteiger partial charge in [0, 0.05) is 5.56 Å². The molecule has 0 atom stereocenters. The van der Waals surface area contributed by atoms with Crippen LogP contribution in [0.4, 0.5) is 0 Å². The molecular weight excluding hydrogens is 260 g/mol. The van der Waals surface area contributed by atoms with E-state index in [0.29, 0.717) is 6.61 Å². The summed E-state index contributed by atoms with van der Waals surface area (Å²) in [6.45, 7) is 2.43. The van der Waals surface area contributed by atoms with E-state index in [2.05, 4.69) is 30.3 Å². The van der Waals surface area contributed by atoms with Crippen molar-refractivity contribution in [1.29, 1.82) is 0 Å². The molecule has 2 heteroatoms. The molecule has 0 aliphatic carbocycles. The summed E-state index contributed by atoms with van der Waals surface area (Å²) < 4.78 is 5.77. The summed E-state index contributed by atoms with van der Waals surface area (Å²) in [5, 5.41) is 0. The zero-order valence-electron chi connectivity index (χ0n) is 11.9. The third-order valence-corrected chi connectivity index (χ3v) is 3.65. The Balaban J connectivity index is 2.02. The van der Waals surface area contributed by atoms with Gasteiger partial charge in [0.25, 0.3) is 0 Å². The van der Waals surface area contributed by atoms with E-state index < -0.39 is 0 Å². The van der Waals surface area contributed by atoms with E-state index in [0.717, 1.165) is 34.3 Å². The number of hydrogen-bond donors (Lipinski definition) is 0. The SMILES string of the molecule is C/C(=C/C=O)C1=Cc2cc(-c3ccccc3)ccc2OC1. The van der Waals surface area contributed by atoms with Gasteiger partial charge < -0.3 is 4.74 Å². The standard InChI is InChI=1S/C19H16O2/c1-14(9-10-20)18-12-17-11-16(7-8-19(17)21-13-18)15-5-3-2-4-6-15/h2-12H,13H2,1H3/b14-9-. The second-order valence-corrected chi connectivity index (χ2v) is 5.06. The Hall–Kier alpha value is -2.61. The summed E-state index contributed by atoms with van der Waals surface area (Å²) in [6, 6.07) is 16.5. The zero-order valence-corrected chi connectivity index (χ0v) is 11.9. The van der Waals surface area contributed by atoms with Gasteiger partial charge in [0.2, 0.25) is 0 Å². The molecule has 0 amide bonds. The number of fused-ring (bicyclic) bond motifs is 1. The second kappa shape index (κ2) is 5.80. The van der Waals surface area contributed by atoms with E-state index in [1.165, 1.54) is 5.56 Å². The van der Waals surface area contributed by atoms with Crippen LogP contribution in [0.3, 0.4) is 0 Å². The fourth-order valence-corrected chi connectivity index (χ4v) is 2.42. The van der Waals surface area contributed by atoms with Crippen LogP contribution in [-0.2, 0) is 4.79 Å². The molecule has 3 rings (SSSR count). The Morgan fingerprint density at radius 3 is 2.67 bits per heavy atom. The highest BCUT2D eigenvalue weighted by Crippen LogP contribution is 2.32. The number of benzene rings is 2. The number of ether oxygens (including phenoxy) is 1. The summed E-state index contributed by atoms with van der Waals surface area (Å²) in [5.74, 6) is 0.886. The van der Waals surface area contributed by atoms with Crippen molar-refractivity contribution in [1.82, 2.24) is 0 Å². The monoisotopic (exact) mass is 276 g/mol. The summed E-state index contributed by atoms with van der Waals surface area (Å²) in [6.07, 6.45) is 4.48. The molecule has 0 saturated carbocycles. The quantitative estimate of drug-likeness (QED) is 0.618. The van der Waals surface area contributed by atoms with E-state index in [1.807, 2.05) is 31.2 Å². The summed E-state index contributed by atoms with van der Waals surface area (Å²) in [5.41, 5.74) is 5.38. The van der Waals surface area contributed by atoms with Gasteiger partial charge in [0.1, 0.15) is 18.6 Å². The lowest BCUT2D eigenvalue weighted by atomic mass is 9.98. The van der Waals surface area contributed by atoms with Crippen LogP contribution >= 0.6 is 0 Å². The van der Waals surface area contributed by atoms with Crippen LogP contribution in [-0.4, -0.2) is 12.9 Å². The van der Waals surface area contributed by atoms with Crippen LogP contribution in [0.1, 0.15) is 12.5 Å². The predicted molar refractivity (Wildman–Crippen MR) is 85.2 cm³/mol. The van der Waals surface area contributed by atoms with Crippen LogP contribution in [0, 0.1) is 0 Å². The van der Waals surface area contributed by atoms with Gasteiger partial charge in [0.05, 0.1) is 0 Å². The molecule has 2 aromatic carbocycles. The van der Waals surface area contributed by atoms with Crippen molar-refractivity contribution < 1.29 is 9.53 Å². The first kappa shape index (κ1) is 13.4. The molecule has 104 valence electrons. The maximum absolute atomic E-state index is 10.6. The molecule has 0 N–H and O–H groups in total. The topological polar surface area (TPSA) is 26.3 Å². The molecule has 1 aliphatic heterocycles. The molecular formula is C19H16O2. The fourth-order valence-electron chi connectivity index (χ4n) is 2.42. The van der Waals surface area contributed by atoms with Gasteiger partial charge in [0.15, 0.2) is 0 Å². The van der Waals surface area contributed by atoms with E-state index in [-0.39, 0.29) is 0 Å². The molecule has 0 radical (unpaired) electrons. The third kappa shape index (κ3) is 2.79. The summed E-state index contributed by atoms with van der Waals surface area (Å²) in [7, 11) is 0. The molecule has 1 heterocycles. The van der Waals surface area contributed by atoms with Crippen LogP contribution in [0.25, 0.3) is 17.2 Å². The first-order valence-corrected chi connectivity index (χ1v) is 6.93. The summed E-state index contributed by atoms with van der Waals surface area (Å²) >= 11 is 0. The molecule has 0 spiro atoms. The van der Waals surface area contributed by atoms with Crippen molar-refractivity contribution in [3.63, 3.8) is 0 Å². The average Bonchev–Trinajstić information content (AvgIpc) is 2.55. The molecule has 2 nitrogen and oxygen atoms in total. The molecule has 0 bridgehead atoms. The number of aldehydes is 1. The van der Waals surface area contributed by atoms with Gasteiger partial charge in [-0.15, -0.1) is 0 Å². The molecule has 0 unspecified atom stereocenters. The lowest BCUT2D eigenvalue weighted by Gasteiger charge is -2.19. The Bertz CT molecular complexity index is 724. The number of allylic oxidation sites excluding steroid dienone is 1. The zero-order chi connectivity index (χ0) is 14.7. The first-order chi connectivity index (χ1) is 10.3. The Labute approximate surface area is 124 Å². The maximum Gasteiger partial charge on any atom is 0.143 e. The smallest absolute Gasteiger partial charge is 0.143 e. The average molecular weight is 276 g/mol. The highest BCUT2D eigenvalue weighted by Gasteiger charge is 2.13. The van der Waals surface area contributed by atoms with Gasteiger partial charge in [-0.1, -0.05) is 36.4 Å². The number of carbonyl (C=O) groups is 1. The minimum Gasteiger partial charge on any atom is -0.488 e. The van der Waals surface area contributed by atoms with Crippen LogP contribution in [0.15, 0.2) is 65.8 Å². The van der Waals surface area contributed by atoms with Crippen LogP contribution < -0.4 is 4.74 Å². The number of carbonyl (C=O) groups excluding carboxylic acids is 1. The highest BCUT2D eigenvalue weighted by molar-refractivity contribution is 5.75. The normalized spacial score (nSPS) is 14.0. The molecule has 0 fully saturated rings. The predicted octanol–water partition coefficient (Wildman–Crippen LogP) is 4.27. The molecule has 2 aromatic rings. The van der Waals surface area contributed by atoms with Crippen molar-refractivity contribution in [2.45, 2.75) is 6.92 Å². The van der Waals surface area contributed by atoms with Gasteiger partial charge in [-0.25, -0.2) is 0 Å². The van der Waals surface area contributed by atoms with Crippen molar-refractivity contribution in [3.05, 3.63) is 71.3 Å². The Morgan fingerprint density at radius 2 is 1.90 bits per heavy atom. The van der Waals surface area contributed by atoms with Crippen LogP contribution in [0.2, 0.25) is 0 Å². The van der Waals surface area contributed by atoms with Gasteiger partial charge in [-0.2, -0.15) is 0 Å². The van der Waals surface area contributed by atoms with Crippen molar-refractivity contribution in [2.24, 2.45) is 0 Å². The third-order valence-electron chi connectivity index (χ3n) is 3.65. The van der Waals surface area contributed by atoms with E-state index in [4.69, 9.17) is 4.74 Å². The first-order valence-electron chi connectivity index (χ1n) is 6.93. The molecule has 21 heavy (non-hydrogen) atoms. The van der Waals surface area contributed by atoms with Crippen LogP contribution in [0.5, 0.6) is 5.75 Å². The van der Waals surface area contributed by atoms with E-state index in [9.17, 15) is 4.79 Å². The van der Waals surface area contributed by atoms with Crippen molar-refractivity contribution in [2.75, 3.05) is 6.61 Å². The second-order valence-electron chi connectivity index (χ2n) is 5.06.